The zero-order valence-corrected chi connectivity index (χ0v) is 14.0. The number of hydrogen-bond acceptors (Lipinski definition) is 4. The Bertz CT molecular complexity index is 751. The van der Waals surface area contributed by atoms with E-state index >= 15 is 0 Å². The van der Waals surface area contributed by atoms with Crippen LogP contribution in [0.25, 0.3) is 0 Å². The van der Waals surface area contributed by atoms with Crippen molar-refractivity contribution in [3.8, 4) is 11.5 Å². The van der Waals surface area contributed by atoms with Crippen LogP contribution in [0, 0.1) is 5.82 Å². The molecule has 1 aliphatic rings. The number of halogens is 1. The summed E-state index contributed by atoms with van der Waals surface area (Å²) in [6.07, 6.45) is 0.762. The maximum Gasteiger partial charge on any atom is 0.257 e. The molecule has 25 heavy (non-hydrogen) atoms. The van der Waals surface area contributed by atoms with E-state index in [0.29, 0.717) is 24.7 Å². The maximum absolute atomic E-state index is 13.6. The van der Waals surface area contributed by atoms with Crippen molar-refractivity contribution in [1.29, 1.82) is 0 Å². The summed E-state index contributed by atoms with van der Waals surface area (Å²) in [4.78, 5) is 11.4. The summed E-state index contributed by atoms with van der Waals surface area (Å²) in [5.41, 5.74) is 1.77. The molecule has 1 atom stereocenters. The average molecular weight is 344 g/mol. The fraction of sp³-hybridized carbons (Fsp3) is 0.316. The van der Waals surface area contributed by atoms with E-state index < -0.39 is 0 Å². The second-order valence-electron chi connectivity index (χ2n) is 5.82. The van der Waals surface area contributed by atoms with Crippen LogP contribution in [-0.2, 0) is 11.3 Å². The highest BCUT2D eigenvalue weighted by Gasteiger charge is 2.22. The lowest BCUT2D eigenvalue weighted by molar-refractivity contribution is -0.122. The van der Waals surface area contributed by atoms with E-state index in [1.807, 2.05) is 24.3 Å². The summed E-state index contributed by atoms with van der Waals surface area (Å²) in [7, 11) is 1.57. The van der Waals surface area contributed by atoms with Gasteiger partial charge in [0.25, 0.3) is 5.91 Å². The number of benzene rings is 2. The van der Waals surface area contributed by atoms with E-state index in [-0.39, 0.29) is 24.4 Å². The predicted octanol–water partition coefficient (Wildman–Crippen LogP) is 2.56. The van der Waals surface area contributed by atoms with Gasteiger partial charge >= 0.3 is 0 Å². The van der Waals surface area contributed by atoms with Crippen LogP contribution < -0.4 is 20.1 Å². The number of nitrogens with one attached hydrogen (secondary N) is 2. The minimum Gasteiger partial charge on any atom is -0.493 e. The van der Waals surface area contributed by atoms with Crippen molar-refractivity contribution in [2.75, 3.05) is 20.3 Å². The molecule has 2 aromatic carbocycles. The van der Waals surface area contributed by atoms with E-state index in [9.17, 15) is 9.18 Å². The molecule has 0 saturated heterocycles. The van der Waals surface area contributed by atoms with Gasteiger partial charge < -0.3 is 20.1 Å². The number of rotatable bonds is 6. The molecule has 0 spiro atoms. The van der Waals surface area contributed by atoms with Crippen LogP contribution >= 0.6 is 0 Å². The summed E-state index contributed by atoms with van der Waals surface area (Å²) in [6, 6.07) is 12.1. The molecule has 1 aliphatic heterocycles. The van der Waals surface area contributed by atoms with E-state index in [1.54, 1.807) is 13.1 Å². The standard InChI is InChI=1S/C19H21FN2O3/c1-21-19(23)12-25-17-5-3-2-4-13(17)11-22-16-8-9-24-18-7-6-14(20)10-15(16)18/h2-7,10,16,22H,8-9,11-12H2,1H3,(H,21,23)/t16-/m1/s1. The topological polar surface area (TPSA) is 59.6 Å². The van der Waals surface area contributed by atoms with Crippen molar-refractivity contribution in [3.63, 3.8) is 0 Å². The van der Waals surface area contributed by atoms with Crippen LogP contribution in [0.3, 0.4) is 0 Å². The monoisotopic (exact) mass is 344 g/mol. The Morgan fingerprint density at radius 3 is 3.00 bits per heavy atom. The van der Waals surface area contributed by atoms with E-state index in [2.05, 4.69) is 10.6 Å². The Morgan fingerprint density at radius 1 is 1.32 bits per heavy atom. The second-order valence-corrected chi connectivity index (χ2v) is 5.82. The van der Waals surface area contributed by atoms with Gasteiger partial charge in [0.05, 0.1) is 6.61 Å². The highest BCUT2D eigenvalue weighted by molar-refractivity contribution is 5.77. The molecule has 0 aliphatic carbocycles. The summed E-state index contributed by atoms with van der Waals surface area (Å²) in [6.45, 7) is 1.11. The van der Waals surface area contributed by atoms with Gasteiger partial charge in [-0.2, -0.15) is 0 Å². The lowest BCUT2D eigenvalue weighted by atomic mass is 10.00. The SMILES string of the molecule is CNC(=O)COc1ccccc1CN[C@@H]1CCOc2ccc(F)cc21. The first-order valence-electron chi connectivity index (χ1n) is 8.24. The molecule has 0 saturated carbocycles. The third-order valence-electron chi connectivity index (χ3n) is 4.16. The van der Waals surface area contributed by atoms with Gasteiger partial charge in [0.1, 0.15) is 17.3 Å². The minimum absolute atomic E-state index is 0.00597. The number of carbonyl (C=O) groups is 1. The van der Waals surface area contributed by atoms with Gasteiger partial charge in [-0.25, -0.2) is 4.39 Å². The van der Waals surface area contributed by atoms with Crippen molar-refractivity contribution in [3.05, 3.63) is 59.4 Å². The Morgan fingerprint density at radius 2 is 2.16 bits per heavy atom. The molecule has 132 valence electrons. The Balaban J connectivity index is 1.69. The molecule has 0 fully saturated rings. The van der Waals surface area contributed by atoms with Crippen LogP contribution in [-0.4, -0.2) is 26.2 Å². The molecule has 1 amide bonds. The lowest BCUT2D eigenvalue weighted by Gasteiger charge is -2.27. The molecule has 0 radical (unpaired) electrons. The maximum atomic E-state index is 13.6. The number of likely N-dealkylation sites (N-methyl/N-ethyl adjacent to an activating group) is 1. The Hall–Kier alpha value is -2.60. The molecule has 2 aromatic rings. The molecule has 2 N–H and O–H groups in total. The van der Waals surface area contributed by atoms with Crippen molar-refractivity contribution >= 4 is 5.91 Å². The van der Waals surface area contributed by atoms with Gasteiger partial charge in [-0.15, -0.1) is 0 Å². The van der Waals surface area contributed by atoms with Gasteiger partial charge in [-0.05, 0) is 24.3 Å². The molecule has 6 heteroatoms. The zero-order valence-electron chi connectivity index (χ0n) is 14.0. The number of ether oxygens (including phenoxy) is 2. The van der Waals surface area contributed by atoms with Crippen molar-refractivity contribution in [2.24, 2.45) is 0 Å². The number of hydrogen-bond donors (Lipinski definition) is 2. The molecule has 0 unspecified atom stereocenters. The van der Waals surface area contributed by atoms with Crippen LogP contribution in [0.4, 0.5) is 4.39 Å². The van der Waals surface area contributed by atoms with E-state index in [4.69, 9.17) is 9.47 Å². The molecule has 5 nitrogen and oxygen atoms in total. The molecule has 0 bridgehead atoms. The van der Waals surface area contributed by atoms with Gasteiger partial charge in [0, 0.05) is 37.2 Å². The molecule has 0 aromatic heterocycles. The largest absolute Gasteiger partial charge is 0.493 e. The quantitative estimate of drug-likeness (QED) is 0.846. The van der Waals surface area contributed by atoms with Crippen LogP contribution in [0.2, 0.25) is 0 Å². The molecule has 1 heterocycles. The van der Waals surface area contributed by atoms with Crippen LogP contribution in [0.1, 0.15) is 23.6 Å². The first kappa shape index (κ1) is 17.2. The highest BCUT2D eigenvalue weighted by atomic mass is 19.1. The van der Waals surface area contributed by atoms with Crippen LogP contribution in [0.15, 0.2) is 42.5 Å². The summed E-state index contributed by atoms with van der Waals surface area (Å²) in [5.74, 6) is 0.918. The van der Waals surface area contributed by atoms with Gasteiger partial charge in [-0.1, -0.05) is 18.2 Å². The highest BCUT2D eigenvalue weighted by Crippen LogP contribution is 2.33. The zero-order chi connectivity index (χ0) is 17.6. The summed E-state index contributed by atoms with van der Waals surface area (Å²) < 4.78 is 24.7. The Labute approximate surface area is 146 Å². The predicted molar refractivity (Wildman–Crippen MR) is 92.1 cm³/mol. The van der Waals surface area contributed by atoms with Crippen molar-refractivity contribution in [2.45, 2.75) is 19.0 Å². The number of amides is 1. The average Bonchev–Trinajstić information content (AvgIpc) is 2.65. The molecular weight excluding hydrogens is 323 g/mol. The van der Waals surface area contributed by atoms with E-state index in [0.717, 1.165) is 17.5 Å². The molecule has 3 rings (SSSR count). The number of fused-ring (bicyclic) bond motifs is 1. The second kappa shape index (κ2) is 7.98. The summed E-state index contributed by atoms with van der Waals surface area (Å²) in [5, 5.41) is 5.96. The summed E-state index contributed by atoms with van der Waals surface area (Å²) >= 11 is 0. The van der Waals surface area contributed by atoms with E-state index in [1.165, 1.54) is 12.1 Å². The van der Waals surface area contributed by atoms with Crippen molar-refractivity contribution < 1.29 is 18.7 Å². The smallest absolute Gasteiger partial charge is 0.257 e. The third kappa shape index (κ3) is 4.28. The van der Waals surface area contributed by atoms with Gasteiger partial charge in [-0.3, -0.25) is 4.79 Å². The van der Waals surface area contributed by atoms with Gasteiger partial charge in [0.2, 0.25) is 0 Å². The first-order chi connectivity index (χ1) is 12.2. The first-order valence-corrected chi connectivity index (χ1v) is 8.24. The lowest BCUT2D eigenvalue weighted by Crippen LogP contribution is -2.27. The van der Waals surface area contributed by atoms with Crippen LogP contribution in [0.5, 0.6) is 11.5 Å². The fourth-order valence-electron chi connectivity index (χ4n) is 2.82. The molecular formula is C19H21FN2O3. The number of para-hydroxylation sites is 1. The Kier molecular flexibility index (Phi) is 5.50. The minimum atomic E-state index is -0.273. The number of carbonyl (C=O) groups excluding carboxylic acids is 1. The third-order valence-corrected chi connectivity index (χ3v) is 4.16. The van der Waals surface area contributed by atoms with Crippen molar-refractivity contribution in [1.82, 2.24) is 10.6 Å². The van der Waals surface area contributed by atoms with Gasteiger partial charge in [0.15, 0.2) is 6.61 Å². The fourth-order valence-corrected chi connectivity index (χ4v) is 2.82. The normalized spacial score (nSPS) is 15.8.